The third kappa shape index (κ3) is 1.98. The number of hydrogen-bond acceptors (Lipinski definition) is 3. The van der Waals surface area contributed by atoms with Crippen molar-refractivity contribution >= 4 is 42.9 Å². The Hall–Kier alpha value is -1.27. The minimum atomic E-state index is 0.825. The Morgan fingerprint density at radius 2 is 1.94 bits per heavy atom. The number of aromatic nitrogens is 4. The summed E-state index contributed by atoms with van der Waals surface area (Å²) in [6.45, 7) is 0. The molecule has 0 aromatic carbocycles. The molecule has 6 heteroatoms. The Labute approximate surface area is 114 Å². The van der Waals surface area contributed by atoms with E-state index in [0.29, 0.717) is 0 Å². The van der Waals surface area contributed by atoms with Crippen LogP contribution < -0.4 is 0 Å². The number of hydrogen-bond donors (Lipinski definition) is 0. The van der Waals surface area contributed by atoms with Crippen molar-refractivity contribution in [1.82, 2.24) is 19.7 Å². The first-order valence-electron chi connectivity index (χ1n) is 4.85. The van der Waals surface area contributed by atoms with Crippen molar-refractivity contribution in [1.29, 1.82) is 0 Å². The molecule has 0 N–H and O–H groups in total. The molecule has 3 aromatic heterocycles. The van der Waals surface area contributed by atoms with Gasteiger partial charge in [0.05, 0.1) is 21.9 Å². The van der Waals surface area contributed by atoms with Gasteiger partial charge in [-0.05, 0) is 44.0 Å². The van der Waals surface area contributed by atoms with Gasteiger partial charge in [-0.15, -0.1) is 0 Å². The van der Waals surface area contributed by atoms with Gasteiger partial charge in [-0.25, -0.2) is 4.68 Å². The van der Waals surface area contributed by atoms with Crippen LogP contribution >= 0.6 is 31.9 Å². The van der Waals surface area contributed by atoms with E-state index >= 15 is 0 Å². The second kappa shape index (κ2) is 4.19. The molecule has 0 fully saturated rings. The quantitative estimate of drug-likeness (QED) is 0.673. The summed E-state index contributed by atoms with van der Waals surface area (Å²) in [5.41, 5.74) is 2.57. The summed E-state index contributed by atoms with van der Waals surface area (Å²) in [5, 5.41) is 4.25. The van der Waals surface area contributed by atoms with Crippen molar-refractivity contribution in [3.8, 4) is 5.69 Å². The lowest BCUT2D eigenvalue weighted by molar-refractivity contribution is 0.883. The Morgan fingerprint density at radius 1 is 1.06 bits per heavy atom. The maximum absolute atomic E-state index is 4.38. The number of rotatable bonds is 1. The maximum atomic E-state index is 4.38. The van der Waals surface area contributed by atoms with Crippen LogP contribution in [0, 0.1) is 0 Å². The first-order valence-corrected chi connectivity index (χ1v) is 6.43. The van der Waals surface area contributed by atoms with Crippen LogP contribution in [0.2, 0.25) is 0 Å². The van der Waals surface area contributed by atoms with Crippen molar-refractivity contribution in [3.05, 3.63) is 45.9 Å². The van der Waals surface area contributed by atoms with Crippen molar-refractivity contribution in [2.24, 2.45) is 0 Å². The highest BCUT2D eigenvalue weighted by molar-refractivity contribution is 9.10. The fraction of sp³-hybridized carbons (Fsp3) is 0. The molecule has 0 radical (unpaired) electrons. The SMILES string of the molecule is Brc1cnc2c(-n3cc(Br)cn3)ccnc2c1. The minimum absolute atomic E-state index is 0.825. The molecule has 0 aliphatic heterocycles. The second-order valence-corrected chi connectivity index (χ2v) is 5.29. The van der Waals surface area contributed by atoms with Crippen LogP contribution in [0.15, 0.2) is 45.9 Å². The lowest BCUT2D eigenvalue weighted by Gasteiger charge is -2.04. The van der Waals surface area contributed by atoms with E-state index in [2.05, 4.69) is 46.9 Å². The van der Waals surface area contributed by atoms with E-state index in [9.17, 15) is 0 Å². The molecule has 0 atom stereocenters. The van der Waals surface area contributed by atoms with E-state index in [0.717, 1.165) is 25.7 Å². The van der Waals surface area contributed by atoms with Crippen molar-refractivity contribution in [3.63, 3.8) is 0 Å². The summed E-state index contributed by atoms with van der Waals surface area (Å²) >= 11 is 6.76. The van der Waals surface area contributed by atoms with Crippen LogP contribution in [0.5, 0.6) is 0 Å². The number of fused-ring (bicyclic) bond motifs is 1. The Kier molecular flexibility index (Phi) is 2.68. The zero-order chi connectivity index (χ0) is 11.8. The number of halogens is 2. The summed E-state index contributed by atoms with van der Waals surface area (Å²) in [6.07, 6.45) is 7.14. The topological polar surface area (TPSA) is 43.6 Å². The van der Waals surface area contributed by atoms with E-state index in [1.807, 2.05) is 18.3 Å². The van der Waals surface area contributed by atoms with E-state index in [1.165, 1.54) is 0 Å². The molecule has 0 unspecified atom stereocenters. The van der Waals surface area contributed by atoms with Gasteiger partial charge in [0.1, 0.15) is 5.52 Å². The summed E-state index contributed by atoms with van der Waals surface area (Å²) in [4.78, 5) is 8.67. The molecule has 0 bridgehead atoms. The molecule has 17 heavy (non-hydrogen) atoms. The molecule has 4 nitrogen and oxygen atoms in total. The summed E-state index contributed by atoms with van der Waals surface area (Å²) in [6, 6.07) is 3.83. The van der Waals surface area contributed by atoms with Crippen LogP contribution in [-0.4, -0.2) is 19.7 Å². The lowest BCUT2D eigenvalue weighted by atomic mass is 10.3. The zero-order valence-corrected chi connectivity index (χ0v) is 11.7. The third-order valence-electron chi connectivity index (χ3n) is 2.32. The third-order valence-corrected chi connectivity index (χ3v) is 3.16. The van der Waals surface area contributed by atoms with E-state index in [4.69, 9.17) is 0 Å². The molecule has 3 aromatic rings. The van der Waals surface area contributed by atoms with Gasteiger partial charge in [0.2, 0.25) is 0 Å². The molecule has 0 amide bonds. The van der Waals surface area contributed by atoms with E-state index < -0.39 is 0 Å². The average Bonchev–Trinajstić information content (AvgIpc) is 2.74. The van der Waals surface area contributed by atoms with Crippen molar-refractivity contribution in [2.45, 2.75) is 0 Å². The molecular weight excluding hydrogens is 348 g/mol. The monoisotopic (exact) mass is 352 g/mol. The van der Waals surface area contributed by atoms with Crippen LogP contribution in [-0.2, 0) is 0 Å². The summed E-state index contributed by atoms with van der Waals surface area (Å²) in [5.74, 6) is 0. The first kappa shape index (κ1) is 10.9. The molecule has 84 valence electrons. The molecule has 0 saturated carbocycles. The fourth-order valence-corrected chi connectivity index (χ4v) is 2.21. The maximum Gasteiger partial charge on any atom is 0.114 e. The van der Waals surface area contributed by atoms with Crippen molar-refractivity contribution < 1.29 is 0 Å². The van der Waals surface area contributed by atoms with E-state index in [-0.39, 0.29) is 0 Å². The van der Waals surface area contributed by atoms with Gasteiger partial charge in [-0.1, -0.05) is 0 Å². The zero-order valence-electron chi connectivity index (χ0n) is 8.51. The average molecular weight is 354 g/mol. The first-order chi connectivity index (χ1) is 8.24. The molecular formula is C11H6Br2N4. The Balaban J connectivity index is 2.30. The highest BCUT2D eigenvalue weighted by atomic mass is 79.9. The van der Waals surface area contributed by atoms with Crippen LogP contribution in [0.4, 0.5) is 0 Å². The smallest absolute Gasteiger partial charge is 0.114 e. The molecule has 0 saturated heterocycles. The predicted octanol–water partition coefficient (Wildman–Crippen LogP) is 3.34. The number of nitrogens with zero attached hydrogens (tertiary/aromatic N) is 4. The van der Waals surface area contributed by atoms with Gasteiger partial charge in [0, 0.05) is 23.1 Å². The molecule has 0 aliphatic rings. The normalized spacial score (nSPS) is 10.9. The molecule has 0 aliphatic carbocycles. The van der Waals surface area contributed by atoms with Crippen LogP contribution in [0.25, 0.3) is 16.7 Å². The highest BCUT2D eigenvalue weighted by Gasteiger charge is 2.06. The summed E-state index contributed by atoms with van der Waals surface area (Å²) < 4.78 is 3.62. The standard InChI is InChI=1S/C11H6Br2N4/c12-7-3-9-11(15-4-7)10(1-2-14-9)17-6-8(13)5-16-17/h1-6H. The predicted molar refractivity (Wildman–Crippen MR) is 72.1 cm³/mol. The lowest BCUT2D eigenvalue weighted by Crippen LogP contribution is -1.97. The number of pyridine rings is 2. The van der Waals surface area contributed by atoms with E-state index in [1.54, 1.807) is 23.3 Å². The largest absolute Gasteiger partial charge is 0.254 e. The minimum Gasteiger partial charge on any atom is -0.254 e. The second-order valence-electron chi connectivity index (χ2n) is 3.45. The molecule has 3 rings (SSSR count). The Morgan fingerprint density at radius 3 is 2.71 bits per heavy atom. The highest BCUT2D eigenvalue weighted by Crippen LogP contribution is 2.21. The van der Waals surface area contributed by atoms with Crippen LogP contribution in [0.1, 0.15) is 0 Å². The molecule has 0 spiro atoms. The fourth-order valence-electron chi connectivity index (χ4n) is 1.61. The van der Waals surface area contributed by atoms with Gasteiger partial charge >= 0.3 is 0 Å². The summed E-state index contributed by atoms with van der Waals surface area (Å²) in [7, 11) is 0. The van der Waals surface area contributed by atoms with Crippen LogP contribution in [0.3, 0.4) is 0 Å². The van der Waals surface area contributed by atoms with Gasteiger partial charge in [0.25, 0.3) is 0 Å². The van der Waals surface area contributed by atoms with Gasteiger partial charge in [-0.3, -0.25) is 9.97 Å². The Bertz CT molecular complexity index is 693. The van der Waals surface area contributed by atoms with Crippen molar-refractivity contribution in [2.75, 3.05) is 0 Å². The van der Waals surface area contributed by atoms with Gasteiger partial charge < -0.3 is 0 Å². The van der Waals surface area contributed by atoms with Gasteiger partial charge in [0.15, 0.2) is 0 Å². The molecule has 3 heterocycles. The van der Waals surface area contributed by atoms with Gasteiger partial charge in [-0.2, -0.15) is 5.10 Å².